The van der Waals surface area contributed by atoms with Crippen molar-refractivity contribution in [2.45, 2.75) is 26.8 Å². The Morgan fingerprint density at radius 2 is 1.58 bits per heavy atom. The van der Waals surface area contributed by atoms with Gasteiger partial charge in [-0.15, -0.1) is 0 Å². The third-order valence-electron chi connectivity index (χ3n) is 5.32. The number of carbonyl (C=O) groups excluding carboxylic acids is 1. The number of para-hydroxylation sites is 3. The van der Waals surface area contributed by atoms with Crippen molar-refractivity contribution in [3.8, 4) is 22.8 Å². The molecule has 0 aliphatic carbocycles. The van der Waals surface area contributed by atoms with Gasteiger partial charge in [0.15, 0.2) is 0 Å². The minimum absolute atomic E-state index is 0.481. The molecule has 33 heavy (non-hydrogen) atoms. The molecular weight excluding hydrogens is 414 g/mol. The predicted molar refractivity (Wildman–Crippen MR) is 130 cm³/mol. The summed E-state index contributed by atoms with van der Waals surface area (Å²) in [5.41, 5.74) is 3.85. The molecule has 168 valence electrons. The van der Waals surface area contributed by atoms with Crippen molar-refractivity contribution in [1.82, 2.24) is 9.55 Å². The van der Waals surface area contributed by atoms with Crippen molar-refractivity contribution in [2.75, 3.05) is 11.9 Å². The summed E-state index contributed by atoms with van der Waals surface area (Å²) in [5.74, 6) is 2.07. The summed E-state index contributed by atoms with van der Waals surface area (Å²) in [5, 5.41) is 2.76. The van der Waals surface area contributed by atoms with Gasteiger partial charge in [-0.3, -0.25) is 5.32 Å². The fourth-order valence-electron chi connectivity index (χ4n) is 3.70. The molecule has 1 amide bonds. The minimum Gasteiger partial charge on any atom is -0.491 e. The van der Waals surface area contributed by atoms with Crippen molar-refractivity contribution in [1.29, 1.82) is 0 Å². The molecule has 0 bridgehead atoms. The molecule has 0 saturated carbocycles. The Morgan fingerprint density at radius 1 is 0.909 bits per heavy atom. The molecule has 0 aliphatic rings. The van der Waals surface area contributed by atoms with Gasteiger partial charge in [0.25, 0.3) is 0 Å². The molecule has 6 nitrogen and oxygen atoms in total. The van der Waals surface area contributed by atoms with E-state index in [2.05, 4.69) is 28.9 Å². The van der Waals surface area contributed by atoms with E-state index >= 15 is 0 Å². The highest BCUT2D eigenvalue weighted by atomic mass is 16.6. The van der Waals surface area contributed by atoms with Crippen LogP contribution in [0.25, 0.3) is 11.3 Å². The maximum Gasteiger partial charge on any atom is 0.417 e. The second-order valence-corrected chi connectivity index (χ2v) is 7.64. The topological polar surface area (TPSA) is 65.4 Å². The van der Waals surface area contributed by atoms with Crippen LogP contribution in [0, 0.1) is 13.8 Å². The summed E-state index contributed by atoms with van der Waals surface area (Å²) in [4.78, 5) is 17.0. The molecule has 4 aromatic rings. The number of rotatable bonds is 8. The van der Waals surface area contributed by atoms with Gasteiger partial charge in [0, 0.05) is 17.8 Å². The Balaban J connectivity index is 1.34. The van der Waals surface area contributed by atoms with Gasteiger partial charge < -0.3 is 14.0 Å². The number of hydrogen-bond acceptors (Lipinski definition) is 4. The number of benzene rings is 3. The van der Waals surface area contributed by atoms with E-state index in [9.17, 15) is 4.79 Å². The second kappa shape index (κ2) is 10.5. The summed E-state index contributed by atoms with van der Waals surface area (Å²) in [6.45, 7) is 5.42. The molecule has 0 unspecified atom stereocenters. The second-order valence-electron chi connectivity index (χ2n) is 7.64. The third kappa shape index (κ3) is 5.60. The lowest BCUT2D eigenvalue weighted by molar-refractivity contribution is 0.215. The lowest BCUT2D eigenvalue weighted by Gasteiger charge is -2.13. The number of ether oxygens (including phenoxy) is 2. The van der Waals surface area contributed by atoms with Gasteiger partial charge in [-0.05, 0) is 44.5 Å². The highest BCUT2D eigenvalue weighted by molar-refractivity contribution is 5.88. The summed E-state index contributed by atoms with van der Waals surface area (Å²) >= 11 is 0. The average Bonchev–Trinajstić information content (AvgIpc) is 3.12. The van der Waals surface area contributed by atoms with E-state index in [1.54, 1.807) is 18.2 Å². The molecule has 0 saturated heterocycles. The molecule has 3 aromatic carbocycles. The first kappa shape index (κ1) is 22.1. The maximum absolute atomic E-state index is 12.2. The maximum atomic E-state index is 12.2. The lowest BCUT2D eigenvalue weighted by Crippen LogP contribution is -2.17. The number of carbonyl (C=O) groups is 1. The molecule has 1 aromatic heterocycles. The van der Waals surface area contributed by atoms with Crippen LogP contribution < -0.4 is 14.8 Å². The number of aromatic nitrogens is 2. The Morgan fingerprint density at radius 3 is 2.33 bits per heavy atom. The van der Waals surface area contributed by atoms with Crippen molar-refractivity contribution >= 4 is 11.8 Å². The minimum atomic E-state index is -0.560. The fraction of sp³-hybridized carbons (Fsp3) is 0.185. The lowest BCUT2D eigenvalue weighted by atomic mass is 10.1. The van der Waals surface area contributed by atoms with E-state index in [1.165, 1.54) is 0 Å². The van der Waals surface area contributed by atoms with E-state index in [4.69, 9.17) is 14.5 Å². The van der Waals surface area contributed by atoms with Gasteiger partial charge in [-0.2, -0.15) is 0 Å². The first-order chi connectivity index (χ1) is 16.1. The van der Waals surface area contributed by atoms with Gasteiger partial charge in [-0.1, -0.05) is 60.7 Å². The molecule has 0 aliphatic heterocycles. The van der Waals surface area contributed by atoms with Crippen LogP contribution in [-0.2, 0) is 6.54 Å². The summed E-state index contributed by atoms with van der Waals surface area (Å²) < 4.78 is 13.5. The predicted octanol–water partition coefficient (Wildman–Crippen LogP) is 6.25. The van der Waals surface area contributed by atoms with Crippen LogP contribution >= 0.6 is 0 Å². The molecule has 0 spiro atoms. The highest BCUT2D eigenvalue weighted by Gasteiger charge is 2.13. The molecule has 0 fully saturated rings. The Hall–Kier alpha value is -4.06. The first-order valence-electron chi connectivity index (χ1n) is 11.0. The van der Waals surface area contributed by atoms with E-state index in [0.717, 1.165) is 35.7 Å². The van der Waals surface area contributed by atoms with Gasteiger partial charge >= 0.3 is 6.09 Å². The third-order valence-corrected chi connectivity index (χ3v) is 5.32. The van der Waals surface area contributed by atoms with E-state index in [-0.39, 0.29) is 0 Å². The fourth-order valence-corrected chi connectivity index (χ4v) is 3.70. The molecule has 0 atom stereocenters. The van der Waals surface area contributed by atoms with Crippen LogP contribution in [0.2, 0.25) is 0 Å². The zero-order valence-electron chi connectivity index (χ0n) is 18.8. The van der Waals surface area contributed by atoms with Crippen LogP contribution in [0.15, 0.2) is 84.9 Å². The molecule has 1 heterocycles. The first-order valence-corrected chi connectivity index (χ1v) is 11.0. The average molecular weight is 442 g/mol. The van der Waals surface area contributed by atoms with Crippen LogP contribution in [0.1, 0.15) is 17.9 Å². The van der Waals surface area contributed by atoms with Crippen molar-refractivity contribution < 1.29 is 14.3 Å². The Kier molecular flexibility index (Phi) is 7.05. The van der Waals surface area contributed by atoms with Gasteiger partial charge in [0.05, 0.1) is 18.0 Å². The largest absolute Gasteiger partial charge is 0.491 e. The molecular formula is C27H27N3O3. The quantitative estimate of drug-likeness (QED) is 0.328. The van der Waals surface area contributed by atoms with Gasteiger partial charge in [-0.25, -0.2) is 9.78 Å². The number of imidazole rings is 1. The SMILES string of the molecule is Cc1nc(-c2ccccc2)c(C)n1CCCOc1ccccc1NC(=O)Oc1ccccc1. The number of nitrogens with one attached hydrogen (secondary N) is 1. The van der Waals surface area contributed by atoms with Crippen LogP contribution in [0.5, 0.6) is 11.5 Å². The zero-order chi connectivity index (χ0) is 23.0. The summed E-state index contributed by atoms with van der Waals surface area (Å²) in [6.07, 6.45) is 0.241. The van der Waals surface area contributed by atoms with Gasteiger partial charge in [0.2, 0.25) is 0 Å². The van der Waals surface area contributed by atoms with E-state index < -0.39 is 6.09 Å². The van der Waals surface area contributed by atoms with Crippen molar-refractivity contribution in [3.05, 3.63) is 96.4 Å². The normalized spacial score (nSPS) is 10.6. The Bertz CT molecular complexity index is 1200. The van der Waals surface area contributed by atoms with Crippen LogP contribution in [0.4, 0.5) is 10.5 Å². The van der Waals surface area contributed by atoms with Crippen LogP contribution in [-0.4, -0.2) is 22.3 Å². The number of hydrogen-bond donors (Lipinski definition) is 1. The van der Waals surface area contributed by atoms with Gasteiger partial charge in [0.1, 0.15) is 17.3 Å². The van der Waals surface area contributed by atoms with E-state index in [0.29, 0.717) is 23.8 Å². The standard InChI is InChI=1S/C27H27N3O3/c1-20-26(22-12-5-3-6-13-22)28-21(2)30(20)18-11-19-32-25-17-10-9-16-24(25)29-27(31)33-23-14-7-4-8-15-23/h3-10,12-17H,11,18-19H2,1-2H3,(H,29,31). The molecule has 1 N–H and O–H groups in total. The summed E-state index contributed by atoms with van der Waals surface area (Å²) in [7, 11) is 0. The van der Waals surface area contributed by atoms with Crippen molar-refractivity contribution in [2.24, 2.45) is 0 Å². The molecule has 0 radical (unpaired) electrons. The number of amides is 1. The number of nitrogens with zero attached hydrogens (tertiary/aromatic N) is 2. The zero-order valence-corrected chi connectivity index (χ0v) is 18.8. The number of anilines is 1. The van der Waals surface area contributed by atoms with Crippen LogP contribution in [0.3, 0.4) is 0 Å². The van der Waals surface area contributed by atoms with Crippen molar-refractivity contribution in [3.63, 3.8) is 0 Å². The molecule has 4 rings (SSSR count). The highest BCUT2D eigenvalue weighted by Crippen LogP contribution is 2.26. The monoisotopic (exact) mass is 441 g/mol. The summed E-state index contributed by atoms with van der Waals surface area (Å²) in [6, 6.07) is 26.5. The smallest absolute Gasteiger partial charge is 0.417 e. The van der Waals surface area contributed by atoms with E-state index in [1.807, 2.05) is 61.5 Å². The molecule has 6 heteroatoms. The Labute approximate surface area is 193 Å². The number of aryl methyl sites for hydroxylation is 1.